The Kier molecular flexibility index (Phi) is 3.30. The number of aromatic nitrogens is 1. The van der Waals surface area contributed by atoms with Gasteiger partial charge < -0.3 is 9.84 Å². The van der Waals surface area contributed by atoms with Gasteiger partial charge in [0.25, 0.3) is 0 Å². The molecule has 0 atom stereocenters. The lowest BCUT2D eigenvalue weighted by molar-refractivity contribution is -0.136. The van der Waals surface area contributed by atoms with Crippen molar-refractivity contribution < 1.29 is 14.6 Å². The van der Waals surface area contributed by atoms with Crippen molar-refractivity contribution in [2.45, 2.75) is 32.1 Å². The van der Waals surface area contributed by atoms with E-state index in [-0.39, 0.29) is 6.42 Å². The summed E-state index contributed by atoms with van der Waals surface area (Å²) >= 11 is 0. The molecule has 2 aromatic rings. The highest BCUT2D eigenvalue weighted by Gasteiger charge is 2.20. The maximum atomic E-state index is 11.2. The number of carboxylic acids is 1. The van der Waals surface area contributed by atoms with E-state index >= 15 is 0 Å². The Balaban J connectivity index is 2.32. The van der Waals surface area contributed by atoms with Gasteiger partial charge in [0.2, 0.25) is 0 Å². The summed E-state index contributed by atoms with van der Waals surface area (Å²) in [7, 11) is 1.62. The summed E-state index contributed by atoms with van der Waals surface area (Å²) in [6, 6.07) is 5.70. The zero-order valence-electron chi connectivity index (χ0n) is 11.5. The molecular weight excluding hydrogens is 254 g/mol. The van der Waals surface area contributed by atoms with Gasteiger partial charge in [-0.05, 0) is 42.9 Å². The lowest BCUT2D eigenvalue weighted by Crippen LogP contribution is -2.13. The summed E-state index contributed by atoms with van der Waals surface area (Å²) in [5.41, 5.74) is 3.88. The van der Waals surface area contributed by atoms with E-state index in [2.05, 4.69) is 0 Å². The highest BCUT2D eigenvalue weighted by atomic mass is 16.5. The molecule has 4 nitrogen and oxygen atoms in total. The molecule has 0 bridgehead atoms. The zero-order chi connectivity index (χ0) is 14.1. The van der Waals surface area contributed by atoms with E-state index in [1.807, 2.05) is 18.2 Å². The summed E-state index contributed by atoms with van der Waals surface area (Å²) in [5, 5.41) is 10.1. The third kappa shape index (κ3) is 2.11. The van der Waals surface area contributed by atoms with Crippen molar-refractivity contribution in [3.63, 3.8) is 0 Å². The van der Waals surface area contributed by atoms with Gasteiger partial charge in [-0.25, -0.2) is 4.98 Å². The van der Waals surface area contributed by atoms with Crippen LogP contribution in [0, 0.1) is 0 Å². The second-order valence-electron chi connectivity index (χ2n) is 5.15. The van der Waals surface area contributed by atoms with Crippen LogP contribution in [0.4, 0.5) is 0 Å². The number of para-hydroxylation sites is 1. The van der Waals surface area contributed by atoms with E-state index in [0.717, 1.165) is 53.4 Å². The molecule has 0 unspecified atom stereocenters. The maximum Gasteiger partial charge on any atom is 0.307 e. The third-order valence-corrected chi connectivity index (χ3v) is 3.92. The van der Waals surface area contributed by atoms with Gasteiger partial charge in [-0.15, -0.1) is 0 Å². The fourth-order valence-electron chi connectivity index (χ4n) is 3.03. The molecule has 1 aliphatic carbocycles. The van der Waals surface area contributed by atoms with E-state index in [0.29, 0.717) is 5.75 Å². The normalized spacial score (nSPS) is 14.1. The Bertz CT molecular complexity index is 679. The van der Waals surface area contributed by atoms with Crippen LogP contribution in [0.25, 0.3) is 10.9 Å². The predicted octanol–water partition coefficient (Wildman–Crippen LogP) is 2.75. The molecule has 104 valence electrons. The topological polar surface area (TPSA) is 59.4 Å². The summed E-state index contributed by atoms with van der Waals surface area (Å²) in [6.45, 7) is 0. The van der Waals surface area contributed by atoms with Crippen LogP contribution in [0.1, 0.15) is 29.7 Å². The Morgan fingerprint density at radius 3 is 2.90 bits per heavy atom. The molecular formula is C16H17NO3. The SMILES string of the molecule is COc1cccc2c(CC(=O)O)c3c(nc12)CCCC3. The van der Waals surface area contributed by atoms with Crippen molar-refractivity contribution in [1.82, 2.24) is 4.98 Å². The molecule has 1 aromatic heterocycles. The van der Waals surface area contributed by atoms with Gasteiger partial charge in [0.05, 0.1) is 13.5 Å². The third-order valence-electron chi connectivity index (χ3n) is 3.92. The molecule has 0 spiro atoms. The van der Waals surface area contributed by atoms with Gasteiger partial charge >= 0.3 is 5.97 Å². The number of hydrogen-bond donors (Lipinski definition) is 1. The number of hydrogen-bond acceptors (Lipinski definition) is 3. The fourth-order valence-corrected chi connectivity index (χ4v) is 3.03. The first kappa shape index (κ1) is 12.9. The van der Waals surface area contributed by atoms with E-state index < -0.39 is 5.97 Å². The van der Waals surface area contributed by atoms with E-state index in [1.165, 1.54) is 0 Å². The molecule has 0 radical (unpaired) electrons. The van der Waals surface area contributed by atoms with Crippen molar-refractivity contribution in [2.24, 2.45) is 0 Å². The molecule has 0 amide bonds. The highest BCUT2D eigenvalue weighted by molar-refractivity contribution is 5.91. The largest absolute Gasteiger partial charge is 0.494 e. The van der Waals surface area contributed by atoms with Crippen LogP contribution in [0.2, 0.25) is 0 Å². The van der Waals surface area contributed by atoms with E-state index in [9.17, 15) is 9.90 Å². The summed E-state index contributed by atoms with van der Waals surface area (Å²) < 4.78 is 5.37. The minimum Gasteiger partial charge on any atom is -0.494 e. The van der Waals surface area contributed by atoms with Gasteiger partial charge in [-0.1, -0.05) is 12.1 Å². The Hall–Kier alpha value is -2.10. The number of ether oxygens (including phenoxy) is 1. The number of nitrogens with zero attached hydrogens (tertiary/aromatic N) is 1. The van der Waals surface area contributed by atoms with Crippen molar-refractivity contribution in [3.8, 4) is 5.75 Å². The van der Waals surface area contributed by atoms with Crippen molar-refractivity contribution >= 4 is 16.9 Å². The first-order chi connectivity index (χ1) is 9.70. The molecule has 0 aliphatic heterocycles. The second-order valence-corrected chi connectivity index (χ2v) is 5.15. The van der Waals surface area contributed by atoms with E-state index in [1.54, 1.807) is 7.11 Å². The standard InChI is InChI=1S/C16H17NO3/c1-20-14-8-4-6-11-12(9-15(18)19)10-5-2-3-7-13(10)17-16(11)14/h4,6,8H,2-3,5,7,9H2,1H3,(H,18,19). The minimum absolute atomic E-state index is 0.0501. The monoisotopic (exact) mass is 271 g/mol. The number of aliphatic carboxylic acids is 1. The van der Waals surface area contributed by atoms with Crippen LogP contribution in [-0.4, -0.2) is 23.2 Å². The summed E-state index contributed by atoms with van der Waals surface area (Å²) in [6.07, 6.45) is 4.13. The molecule has 1 aliphatic rings. The number of benzene rings is 1. The number of pyridine rings is 1. The zero-order valence-corrected chi connectivity index (χ0v) is 11.5. The quantitative estimate of drug-likeness (QED) is 0.932. The summed E-state index contributed by atoms with van der Waals surface area (Å²) in [4.78, 5) is 15.9. The van der Waals surface area contributed by atoms with Crippen molar-refractivity contribution in [2.75, 3.05) is 7.11 Å². The summed E-state index contributed by atoms with van der Waals surface area (Å²) in [5.74, 6) is -0.0874. The van der Waals surface area contributed by atoms with Gasteiger partial charge in [0, 0.05) is 11.1 Å². The molecule has 3 rings (SSSR count). The van der Waals surface area contributed by atoms with Crippen LogP contribution < -0.4 is 4.74 Å². The van der Waals surface area contributed by atoms with Gasteiger partial charge in [0.1, 0.15) is 11.3 Å². The first-order valence-corrected chi connectivity index (χ1v) is 6.90. The molecule has 1 aromatic carbocycles. The number of rotatable bonds is 3. The second kappa shape index (κ2) is 5.12. The smallest absolute Gasteiger partial charge is 0.307 e. The molecule has 4 heteroatoms. The predicted molar refractivity (Wildman–Crippen MR) is 76.3 cm³/mol. The van der Waals surface area contributed by atoms with Crippen molar-refractivity contribution in [3.05, 3.63) is 35.0 Å². The Labute approximate surface area is 117 Å². The average molecular weight is 271 g/mol. The lowest BCUT2D eigenvalue weighted by atomic mass is 9.88. The van der Waals surface area contributed by atoms with Gasteiger partial charge in [-0.3, -0.25) is 4.79 Å². The van der Waals surface area contributed by atoms with Crippen molar-refractivity contribution in [1.29, 1.82) is 0 Å². The number of fused-ring (bicyclic) bond motifs is 2. The molecule has 0 fully saturated rings. The van der Waals surface area contributed by atoms with Crippen LogP contribution in [0.5, 0.6) is 5.75 Å². The fraction of sp³-hybridized carbons (Fsp3) is 0.375. The molecule has 1 N–H and O–H groups in total. The molecule has 1 heterocycles. The van der Waals surface area contributed by atoms with Crippen LogP contribution in [0.3, 0.4) is 0 Å². The van der Waals surface area contributed by atoms with Gasteiger partial charge in [-0.2, -0.15) is 0 Å². The van der Waals surface area contributed by atoms with Crippen LogP contribution in [0.15, 0.2) is 18.2 Å². The lowest BCUT2D eigenvalue weighted by Gasteiger charge is -2.20. The Morgan fingerprint density at radius 2 is 2.15 bits per heavy atom. The number of carboxylic acid groups (broad SMARTS) is 1. The molecule has 0 saturated carbocycles. The highest BCUT2D eigenvalue weighted by Crippen LogP contribution is 2.33. The first-order valence-electron chi connectivity index (χ1n) is 6.90. The molecule has 0 saturated heterocycles. The van der Waals surface area contributed by atoms with Crippen LogP contribution in [-0.2, 0) is 24.1 Å². The van der Waals surface area contributed by atoms with Gasteiger partial charge in [0.15, 0.2) is 0 Å². The van der Waals surface area contributed by atoms with Crippen LogP contribution >= 0.6 is 0 Å². The van der Waals surface area contributed by atoms with E-state index in [4.69, 9.17) is 9.72 Å². The number of carbonyl (C=O) groups is 1. The average Bonchev–Trinajstić information content (AvgIpc) is 2.46. The number of aryl methyl sites for hydroxylation is 1. The number of methoxy groups -OCH3 is 1. The minimum atomic E-state index is -0.798. The molecule has 20 heavy (non-hydrogen) atoms. The maximum absolute atomic E-state index is 11.2. The Morgan fingerprint density at radius 1 is 1.35 bits per heavy atom.